The second-order valence-corrected chi connectivity index (χ2v) is 6.42. The Bertz CT molecular complexity index is 1180. The zero-order valence-electron chi connectivity index (χ0n) is 14.0. The quantitative estimate of drug-likeness (QED) is 0.466. The van der Waals surface area contributed by atoms with Crippen LogP contribution >= 0.6 is 11.6 Å². The van der Waals surface area contributed by atoms with Gasteiger partial charge < -0.3 is 9.40 Å². The molecule has 0 spiro atoms. The zero-order valence-corrected chi connectivity index (χ0v) is 14.7. The summed E-state index contributed by atoms with van der Waals surface area (Å²) < 4.78 is 5.84. The highest BCUT2D eigenvalue weighted by atomic mass is 35.5. The second-order valence-electron chi connectivity index (χ2n) is 5.99. The molecule has 2 aromatic carbocycles. The van der Waals surface area contributed by atoms with Crippen molar-refractivity contribution in [3.05, 3.63) is 76.8 Å². The number of hydrogen-bond donors (Lipinski definition) is 1. The van der Waals surface area contributed by atoms with Crippen LogP contribution in [0.15, 0.2) is 59.0 Å². The predicted octanol–water partition coefficient (Wildman–Crippen LogP) is 5.85. The Labute approximate surface area is 155 Å². The molecule has 0 amide bonds. The summed E-state index contributed by atoms with van der Waals surface area (Å²) in [6.45, 7) is 2.02. The molecule has 5 heteroatoms. The zero-order chi connectivity index (χ0) is 18.1. The number of halogens is 1. The number of aromatic amines is 1. The van der Waals surface area contributed by atoms with Crippen LogP contribution in [0.2, 0.25) is 5.02 Å². The number of benzene rings is 2. The average molecular weight is 360 g/mol. The molecule has 2 aromatic heterocycles. The summed E-state index contributed by atoms with van der Waals surface area (Å²) in [6.07, 6.45) is 1.68. The fourth-order valence-corrected chi connectivity index (χ4v) is 2.96. The van der Waals surface area contributed by atoms with Gasteiger partial charge in [-0.3, -0.25) is 0 Å². The van der Waals surface area contributed by atoms with Crippen molar-refractivity contribution in [2.75, 3.05) is 0 Å². The lowest BCUT2D eigenvalue weighted by Crippen LogP contribution is -1.84. The van der Waals surface area contributed by atoms with E-state index in [-0.39, 0.29) is 0 Å². The van der Waals surface area contributed by atoms with Crippen LogP contribution < -0.4 is 0 Å². The number of rotatable bonds is 3. The summed E-state index contributed by atoms with van der Waals surface area (Å²) in [5, 5.41) is 10.2. The first-order chi connectivity index (χ1) is 12.6. The largest absolute Gasteiger partial charge is 0.457 e. The lowest BCUT2D eigenvalue weighted by molar-refractivity contribution is 0.572. The molecule has 1 N–H and O–H groups in total. The van der Waals surface area contributed by atoms with E-state index in [1.165, 1.54) is 0 Å². The second kappa shape index (κ2) is 6.55. The van der Waals surface area contributed by atoms with Crippen molar-refractivity contribution in [2.45, 2.75) is 6.92 Å². The van der Waals surface area contributed by atoms with Crippen LogP contribution in [0.4, 0.5) is 0 Å². The maximum absolute atomic E-state index is 9.54. The molecule has 2 heterocycles. The summed E-state index contributed by atoms with van der Waals surface area (Å²) >= 11 is 6.03. The van der Waals surface area contributed by atoms with Crippen LogP contribution in [0.3, 0.4) is 0 Å². The van der Waals surface area contributed by atoms with E-state index in [0.29, 0.717) is 27.9 Å². The van der Waals surface area contributed by atoms with Crippen molar-refractivity contribution in [1.29, 1.82) is 5.26 Å². The highest BCUT2D eigenvalue weighted by Crippen LogP contribution is 2.27. The maximum atomic E-state index is 9.54. The standard InChI is InChI=1S/C21H14ClN3O/c1-13-5-7-18-19(9-13)25-21(24-18)15(12-23)11-17-6-8-20(26-17)14-3-2-4-16(22)10-14/h2-11H,1H3,(H,24,25). The lowest BCUT2D eigenvalue weighted by atomic mass is 10.2. The molecule has 0 unspecified atom stereocenters. The van der Waals surface area contributed by atoms with Gasteiger partial charge in [0.2, 0.25) is 0 Å². The lowest BCUT2D eigenvalue weighted by Gasteiger charge is -1.97. The first-order valence-electron chi connectivity index (χ1n) is 8.07. The number of aryl methyl sites for hydroxylation is 1. The number of nitrogens with zero attached hydrogens (tertiary/aromatic N) is 2. The molecular formula is C21H14ClN3O. The molecule has 0 atom stereocenters. The minimum Gasteiger partial charge on any atom is -0.457 e. The van der Waals surface area contributed by atoms with Crippen molar-refractivity contribution in [3.8, 4) is 17.4 Å². The molecule has 0 bridgehead atoms. The van der Waals surface area contributed by atoms with Crippen LogP contribution in [-0.2, 0) is 0 Å². The van der Waals surface area contributed by atoms with Gasteiger partial charge in [0.1, 0.15) is 23.4 Å². The van der Waals surface area contributed by atoms with E-state index in [1.54, 1.807) is 6.08 Å². The monoisotopic (exact) mass is 359 g/mol. The Balaban J connectivity index is 1.70. The van der Waals surface area contributed by atoms with Crippen molar-refractivity contribution in [1.82, 2.24) is 9.97 Å². The van der Waals surface area contributed by atoms with Gasteiger partial charge in [0.05, 0.1) is 16.6 Å². The topological polar surface area (TPSA) is 65.6 Å². The van der Waals surface area contributed by atoms with Gasteiger partial charge >= 0.3 is 0 Å². The van der Waals surface area contributed by atoms with E-state index in [1.807, 2.05) is 61.5 Å². The van der Waals surface area contributed by atoms with E-state index >= 15 is 0 Å². The van der Waals surface area contributed by atoms with Gasteiger partial charge in [-0.15, -0.1) is 0 Å². The molecule has 4 rings (SSSR count). The Morgan fingerprint density at radius 1 is 1.19 bits per heavy atom. The highest BCUT2D eigenvalue weighted by molar-refractivity contribution is 6.30. The average Bonchev–Trinajstić information content (AvgIpc) is 3.26. The molecule has 0 radical (unpaired) electrons. The Morgan fingerprint density at radius 2 is 2.08 bits per heavy atom. The number of nitrogens with one attached hydrogen (secondary N) is 1. The van der Waals surface area contributed by atoms with E-state index < -0.39 is 0 Å². The van der Waals surface area contributed by atoms with Gasteiger partial charge in [-0.05, 0) is 48.9 Å². The van der Waals surface area contributed by atoms with Gasteiger partial charge in [-0.1, -0.05) is 29.8 Å². The predicted molar refractivity (Wildman–Crippen MR) is 103 cm³/mol. The number of furan rings is 1. The van der Waals surface area contributed by atoms with Crippen molar-refractivity contribution >= 4 is 34.3 Å². The van der Waals surface area contributed by atoms with Gasteiger partial charge in [0.15, 0.2) is 0 Å². The summed E-state index contributed by atoms with van der Waals surface area (Å²) in [5.74, 6) is 1.79. The fraction of sp³-hybridized carbons (Fsp3) is 0.0476. The number of nitriles is 1. The number of hydrogen-bond acceptors (Lipinski definition) is 3. The summed E-state index contributed by atoms with van der Waals surface area (Å²) in [6, 6.07) is 19.2. The molecule has 0 aliphatic carbocycles. The van der Waals surface area contributed by atoms with Gasteiger partial charge in [0, 0.05) is 16.7 Å². The number of H-pyrrole nitrogens is 1. The molecule has 0 fully saturated rings. The van der Waals surface area contributed by atoms with Crippen molar-refractivity contribution in [2.24, 2.45) is 0 Å². The van der Waals surface area contributed by atoms with E-state index in [0.717, 1.165) is 22.2 Å². The van der Waals surface area contributed by atoms with Crippen molar-refractivity contribution in [3.63, 3.8) is 0 Å². The van der Waals surface area contributed by atoms with Crippen LogP contribution in [0, 0.1) is 18.3 Å². The smallest absolute Gasteiger partial charge is 0.149 e. The number of imidazole rings is 1. The molecule has 0 aliphatic rings. The third-order valence-corrected chi connectivity index (χ3v) is 4.27. The summed E-state index contributed by atoms with van der Waals surface area (Å²) in [5.41, 5.74) is 4.15. The van der Waals surface area contributed by atoms with Crippen LogP contribution in [-0.4, -0.2) is 9.97 Å². The van der Waals surface area contributed by atoms with Gasteiger partial charge in [-0.2, -0.15) is 5.26 Å². The number of allylic oxidation sites excluding steroid dienone is 1. The fourth-order valence-electron chi connectivity index (χ4n) is 2.77. The van der Waals surface area contributed by atoms with Crippen LogP contribution in [0.25, 0.3) is 34.0 Å². The van der Waals surface area contributed by atoms with Gasteiger partial charge in [0.25, 0.3) is 0 Å². The molecule has 0 aliphatic heterocycles. The number of aromatic nitrogens is 2. The molecular weight excluding hydrogens is 346 g/mol. The van der Waals surface area contributed by atoms with E-state index in [2.05, 4.69) is 16.0 Å². The third kappa shape index (κ3) is 3.13. The first-order valence-corrected chi connectivity index (χ1v) is 8.44. The molecule has 4 aromatic rings. The van der Waals surface area contributed by atoms with Gasteiger partial charge in [-0.25, -0.2) is 4.98 Å². The van der Waals surface area contributed by atoms with Crippen LogP contribution in [0.1, 0.15) is 17.1 Å². The molecule has 0 saturated heterocycles. The van der Waals surface area contributed by atoms with Crippen LogP contribution in [0.5, 0.6) is 0 Å². The molecule has 126 valence electrons. The summed E-state index contributed by atoms with van der Waals surface area (Å²) in [7, 11) is 0. The molecule has 0 saturated carbocycles. The molecule has 26 heavy (non-hydrogen) atoms. The van der Waals surface area contributed by atoms with E-state index in [9.17, 15) is 5.26 Å². The number of fused-ring (bicyclic) bond motifs is 1. The van der Waals surface area contributed by atoms with Crippen molar-refractivity contribution < 1.29 is 4.42 Å². The maximum Gasteiger partial charge on any atom is 0.149 e. The normalized spacial score (nSPS) is 11.7. The third-order valence-electron chi connectivity index (χ3n) is 4.04. The minimum atomic E-state index is 0.408. The summed E-state index contributed by atoms with van der Waals surface area (Å²) in [4.78, 5) is 7.68. The Morgan fingerprint density at radius 3 is 2.88 bits per heavy atom. The molecule has 4 nitrogen and oxygen atoms in total. The SMILES string of the molecule is Cc1ccc2nc(C(C#N)=Cc3ccc(-c4cccc(Cl)c4)o3)[nH]c2c1. The Hall–Kier alpha value is -3.29. The van der Waals surface area contributed by atoms with E-state index in [4.69, 9.17) is 16.0 Å². The minimum absolute atomic E-state index is 0.408. The highest BCUT2D eigenvalue weighted by Gasteiger charge is 2.10. The first kappa shape index (κ1) is 16.2. The Kier molecular flexibility index (Phi) is 4.08.